The molecule has 2 aliphatic rings. The maximum Gasteiger partial charge on any atom is 0.309 e. The van der Waals surface area contributed by atoms with E-state index in [1.54, 1.807) is 23.3 Å². The first kappa shape index (κ1) is 30.9. The molecule has 10 heteroatoms. The van der Waals surface area contributed by atoms with Crippen LogP contribution in [0.15, 0.2) is 9.70 Å². The second-order valence-electron chi connectivity index (χ2n) is 10.1. The predicted octanol–water partition coefficient (Wildman–Crippen LogP) is 5.39. The van der Waals surface area contributed by atoms with Crippen molar-refractivity contribution in [3.63, 3.8) is 0 Å². The molecule has 1 amide bonds. The summed E-state index contributed by atoms with van der Waals surface area (Å²) in [4.78, 5) is 43.5. The first-order valence-corrected chi connectivity index (χ1v) is 15.4. The average molecular weight is 573 g/mol. The number of hydrogen-bond donors (Lipinski definition) is 0. The standard InChI is InChI=1S/C29H40N4O4S2/c1-5-8-10-11-15-33-27(35)24(39-29(33)38)18-22-20(4)23(19-30)26(34)32(14-9-6-2)25(22)31-16-12-21(13-17-31)28(36)37-7-3/h18,21H,5-17H2,1-4H3/b24-18-. The van der Waals surface area contributed by atoms with Crippen molar-refractivity contribution in [2.24, 2.45) is 5.92 Å². The fourth-order valence-corrected chi connectivity index (χ4v) is 6.41. The van der Waals surface area contributed by atoms with Crippen molar-refractivity contribution in [1.29, 1.82) is 5.26 Å². The Bertz CT molecular complexity index is 1210. The van der Waals surface area contributed by atoms with Crippen LogP contribution in [-0.2, 0) is 20.9 Å². The van der Waals surface area contributed by atoms with E-state index < -0.39 is 0 Å². The number of carbonyl (C=O) groups excluding carboxylic acids is 2. The zero-order valence-corrected chi connectivity index (χ0v) is 25.2. The van der Waals surface area contributed by atoms with E-state index in [2.05, 4.69) is 24.8 Å². The zero-order chi connectivity index (χ0) is 28.5. The quantitative estimate of drug-likeness (QED) is 0.142. The molecule has 1 aromatic rings. The van der Waals surface area contributed by atoms with E-state index in [-0.39, 0.29) is 28.9 Å². The Morgan fingerprint density at radius 2 is 1.79 bits per heavy atom. The third-order valence-corrected chi connectivity index (χ3v) is 8.76. The van der Waals surface area contributed by atoms with Crippen LogP contribution in [0.5, 0.6) is 0 Å². The maximum atomic E-state index is 13.5. The summed E-state index contributed by atoms with van der Waals surface area (Å²) in [5.74, 6) is 0.224. The molecule has 0 N–H and O–H groups in total. The second kappa shape index (κ2) is 14.7. The number of pyridine rings is 1. The number of unbranched alkanes of at least 4 members (excludes halogenated alkanes) is 4. The van der Waals surface area contributed by atoms with E-state index in [1.807, 2.05) is 6.08 Å². The van der Waals surface area contributed by atoms with Crippen LogP contribution in [0.2, 0.25) is 0 Å². The number of thioether (sulfide) groups is 1. The SMILES string of the molecule is CCCCCCN1C(=O)/C(=C/c2c(C)c(C#N)c(=O)n(CCCC)c2N2CCC(C(=O)OCC)CC2)SC1=S. The number of hydrogen-bond acceptors (Lipinski definition) is 8. The van der Waals surface area contributed by atoms with Crippen LogP contribution in [0, 0.1) is 24.2 Å². The van der Waals surface area contributed by atoms with Crippen molar-refractivity contribution in [2.75, 3.05) is 31.1 Å². The Hall–Kier alpha value is -2.64. The van der Waals surface area contributed by atoms with Gasteiger partial charge in [0, 0.05) is 31.7 Å². The van der Waals surface area contributed by atoms with Crippen LogP contribution in [-0.4, -0.2) is 51.9 Å². The zero-order valence-electron chi connectivity index (χ0n) is 23.6. The highest BCUT2D eigenvalue weighted by Crippen LogP contribution is 2.37. The third-order valence-electron chi connectivity index (χ3n) is 7.38. The molecule has 3 rings (SSSR count). The number of amides is 1. The van der Waals surface area contributed by atoms with Crippen molar-refractivity contribution in [3.05, 3.63) is 31.9 Å². The van der Waals surface area contributed by atoms with Gasteiger partial charge in [0.05, 0.1) is 17.4 Å². The molecular weight excluding hydrogens is 532 g/mol. The number of piperidine rings is 1. The summed E-state index contributed by atoms with van der Waals surface area (Å²) >= 11 is 6.83. The van der Waals surface area contributed by atoms with E-state index in [0.717, 1.165) is 38.5 Å². The van der Waals surface area contributed by atoms with Gasteiger partial charge in [-0.25, -0.2) is 0 Å². The van der Waals surface area contributed by atoms with Gasteiger partial charge in [-0.3, -0.25) is 23.9 Å². The molecule has 0 aromatic carbocycles. The first-order valence-electron chi connectivity index (χ1n) is 14.1. The van der Waals surface area contributed by atoms with Gasteiger partial charge in [-0.15, -0.1) is 0 Å². The van der Waals surface area contributed by atoms with Gasteiger partial charge < -0.3 is 9.64 Å². The van der Waals surface area contributed by atoms with Gasteiger partial charge >= 0.3 is 5.97 Å². The summed E-state index contributed by atoms with van der Waals surface area (Å²) in [5, 5.41) is 9.91. The van der Waals surface area contributed by atoms with Crippen LogP contribution < -0.4 is 10.5 Å². The summed E-state index contributed by atoms with van der Waals surface area (Å²) in [5.41, 5.74) is 1.04. The van der Waals surface area contributed by atoms with Crippen molar-refractivity contribution in [2.45, 2.75) is 85.6 Å². The summed E-state index contributed by atoms with van der Waals surface area (Å²) < 4.78 is 7.47. The normalized spacial score (nSPS) is 17.3. The Kier molecular flexibility index (Phi) is 11.6. The van der Waals surface area contributed by atoms with Crippen molar-refractivity contribution >= 4 is 52.1 Å². The molecule has 3 heterocycles. The van der Waals surface area contributed by atoms with Crippen LogP contribution in [0.3, 0.4) is 0 Å². The summed E-state index contributed by atoms with van der Waals surface area (Å²) in [6, 6.07) is 2.11. The minimum atomic E-state index is -0.313. The molecule has 0 radical (unpaired) electrons. The number of anilines is 1. The maximum absolute atomic E-state index is 13.5. The van der Waals surface area contributed by atoms with Crippen LogP contribution in [0.4, 0.5) is 5.82 Å². The fourth-order valence-electron chi connectivity index (χ4n) is 5.12. The molecule has 2 saturated heterocycles. The number of nitriles is 1. The minimum Gasteiger partial charge on any atom is -0.466 e. The molecule has 8 nitrogen and oxygen atoms in total. The molecule has 0 bridgehead atoms. The van der Waals surface area contributed by atoms with E-state index in [0.29, 0.717) is 71.8 Å². The molecule has 39 heavy (non-hydrogen) atoms. The number of ether oxygens (including phenoxy) is 1. The molecular formula is C29H40N4O4S2. The Balaban J connectivity index is 2.05. The summed E-state index contributed by atoms with van der Waals surface area (Å²) in [6.45, 7) is 10.3. The molecule has 212 valence electrons. The van der Waals surface area contributed by atoms with Gasteiger partial charge in [0.15, 0.2) is 0 Å². The number of nitrogens with zero attached hydrogens (tertiary/aromatic N) is 4. The first-order chi connectivity index (χ1) is 18.8. The molecule has 1 aromatic heterocycles. The molecule has 0 unspecified atom stereocenters. The van der Waals surface area contributed by atoms with E-state index >= 15 is 0 Å². The van der Waals surface area contributed by atoms with E-state index in [9.17, 15) is 19.6 Å². The van der Waals surface area contributed by atoms with Gasteiger partial charge in [-0.2, -0.15) is 5.26 Å². The lowest BCUT2D eigenvalue weighted by Crippen LogP contribution is -2.41. The largest absolute Gasteiger partial charge is 0.466 e. The van der Waals surface area contributed by atoms with Crippen molar-refractivity contribution in [3.8, 4) is 6.07 Å². The summed E-state index contributed by atoms with van der Waals surface area (Å²) in [7, 11) is 0. The van der Waals surface area contributed by atoms with Gasteiger partial charge in [0.25, 0.3) is 11.5 Å². The molecule has 2 fully saturated rings. The topological polar surface area (TPSA) is 95.6 Å². The number of rotatable bonds is 12. The van der Waals surface area contributed by atoms with Crippen LogP contribution >= 0.6 is 24.0 Å². The van der Waals surface area contributed by atoms with Gasteiger partial charge in [0.1, 0.15) is 21.8 Å². The molecule has 2 aliphatic heterocycles. The number of thiocarbonyl (C=S) groups is 1. The second-order valence-corrected chi connectivity index (χ2v) is 11.7. The monoisotopic (exact) mass is 572 g/mol. The predicted molar refractivity (Wildman–Crippen MR) is 161 cm³/mol. The fraction of sp³-hybridized carbons (Fsp3) is 0.621. The minimum absolute atomic E-state index is 0.0950. The van der Waals surface area contributed by atoms with Crippen molar-refractivity contribution in [1.82, 2.24) is 9.47 Å². The summed E-state index contributed by atoms with van der Waals surface area (Å²) in [6.07, 6.45) is 8.88. The Morgan fingerprint density at radius 1 is 1.10 bits per heavy atom. The lowest BCUT2D eigenvalue weighted by Gasteiger charge is -2.35. The molecule has 0 atom stereocenters. The lowest BCUT2D eigenvalue weighted by molar-refractivity contribution is -0.148. The number of carbonyl (C=O) groups is 2. The Morgan fingerprint density at radius 3 is 2.41 bits per heavy atom. The lowest BCUT2D eigenvalue weighted by atomic mass is 9.95. The molecule has 0 saturated carbocycles. The smallest absolute Gasteiger partial charge is 0.309 e. The molecule has 0 aliphatic carbocycles. The Labute approximate surface area is 241 Å². The van der Waals surface area contributed by atoms with Crippen molar-refractivity contribution < 1.29 is 14.3 Å². The van der Waals surface area contributed by atoms with Gasteiger partial charge in [-0.1, -0.05) is 63.5 Å². The number of aromatic nitrogens is 1. The van der Waals surface area contributed by atoms with E-state index in [4.69, 9.17) is 17.0 Å². The highest BCUT2D eigenvalue weighted by atomic mass is 32.2. The highest BCUT2D eigenvalue weighted by Gasteiger charge is 2.34. The van der Waals surface area contributed by atoms with Crippen LogP contribution in [0.25, 0.3) is 6.08 Å². The molecule has 0 spiro atoms. The highest BCUT2D eigenvalue weighted by molar-refractivity contribution is 8.26. The van der Waals surface area contributed by atoms with Gasteiger partial charge in [-0.05, 0) is 51.2 Å². The van der Waals surface area contributed by atoms with Crippen LogP contribution in [0.1, 0.15) is 88.8 Å². The van der Waals surface area contributed by atoms with Gasteiger partial charge in [0.2, 0.25) is 0 Å². The average Bonchev–Trinajstić information content (AvgIpc) is 3.19. The third kappa shape index (κ3) is 7.12. The number of esters is 1. The van der Waals surface area contributed by atoms with E-state index in [1.165, 1.54) is 11.8 Å².